The molecule has 0 aliphatic carbocycles. The zero-order valence-electron chi connectivity index (χ0n) is 11.0. The molecule has 1 fully saturated rings. The maximum absolute atomic E-state index is 12.9. The third kappa shape index (κ3) is 3.46. The number of carbonyl (C=O) groups excluding carboxylic acids is 1. The van der Waals surface area contributed by atoms with Gasteiger partial charge in [-0.3, -0.25) is 4.79 Å². The SMILES string of the molecule is O=C1N/C(=N\c2ccccn2)S[C@H]1Cc1ccc(F)cc1. The van der Waals surface area contributed by atoms with Crippen molar-refractivity contribution in [2.75, 3.05) is 0 Å². The Kier molecular flexibility index (Phi) is 3.96. The minimum Gasteiger partial charge on any atom is -0.304 e. The highest BCUT2D eigenvalue weighted by molar-refractivity contribution is 8.15. The summed E-state index contributed by atoms with van der Waals surface area (Å²) in [6.07, 6.45) is 2.19. The van der Waals surface area contributed by atoms with Crippen LogP contribution in [0.5, 0.6) is 0 Å². The van der Waals surface area contributed by atoms with E-state index in [0.717, 1.165) is 5.56 Å². The van der Waals surface area contributed by atoms with Gasteiger partial charge in [0.1, 0.15) is 5.82 Å². The number of rotatable bonds is 3. The molecule has 2 heterocycles. The molecular weight excluding hydrogens is 289 g/mol. The Bertz CT molecular complexity index is 673. The van der Waals surface area contributed by atoms with E-state index >= 15 is 0 Å². The van der Waals surface area contributed by atoms with Crippen molar-refractivity contribution in [3.05, 3.63) is 60.0 Å². The Balaban J connectivity index is 1.70. The number of nitrogens with zero attached hydrogens (tertiary/aromatic N) is 2. The summed E-state index contributed by atoms with van der Waals surface area (Å²) in [5.74, 6) is 0.196. The summed E-state index contributed by atoms with van der Waals surface area (Å²) in [5, 5.41) is 3.04. The molecule has 2 aromatic rings. The summed E-state index contributed by atoms with van der Waals surface area (Å²) in [4.78, 5) is 20.3. The number of thioether (sulfide) groups is 1. The van der Waals surface area contributed by atoms with Gasteiger partial charge in [-0.25, -0.2) is 14.4 Å². The third-order valence-corrected chi connectivity index (χ3v) is 4.06. The quantitative estimate of drug-likeness (QED) is 0.948. The maximum Gasteiger partial charge on any atom is 0.239 e. The molecule has 1 aliphatic heterocycles. The van der Waals surface area contributed by atoms with Gasteiger partial charge in [-0.1, -0.05) is 30.0 Å². The Labute approximate surface area is 125 Å². The van der Waals surface area contributed by atoms with Crippen LogP contribution in [-0.4, -0.2) is 21.3 Å². The lowest BCUT2D eigenvalue weighted by Gasteiger charge is -2.04. The monoisotopic (exact) mass is 301 g/mol. The van der Waals surface area contributed by atoms with Crippen LogP contribution in [0.15, 0.2) is 53.7 Å². The molecule has 106 valence electrons. The Hall–Kier alpha value is -2.21. The average Bonchev–Trinajstić information content (AvgIpc) is 2.82. The predicted octanol–water partition coefficient (Wildman–Crippen LogP) is 2.68. The molecule has 1 aromatic heterocycles. The largest absolute Gasteiger partial charge is 0.304 e. The smallest absolute Gasteiger partial charge is 0.239 e. The lowest BCUT2D eigenvalue weighted by Crippen LogP contribution is -2.25. The predicted molar refractivity (Wildman–Crippen MR) is 81.0 cm³/mol. The highest BCUT2D eigenvalue weighted by Crippen LogP contribution is 2.25. The van der Waals surface area contributed by atoms with E-state index in [1.54, 1.807) is 30.5 Å². The molecule has 1 aliphatic rings. The van der Waals surface area contributed by atoms with Gasteiger partial charge < -0.3 is 5.32 Å². The van der Waals surface area contributed by atoms with E-state index in [0.29, 0.717) is 17.4 Å². The molecule has 0 bridgehead atoms. The fourth-order valence-corrected chi connectivity index (χ4v) is 2.97. The minimum atomic E-state index is -0.278. The lowest BCUT2D eigenvalue weighted by atomic mass is 10.1. The number of hydrogen-bond donors (Lipinski definition) is 1. The molecule has 1 N–H and O–H groups in total. The molecule has 4 nitrogen and oxygen atoms in total. The molecule has 1 saturated heterocycles. The first-order valence-corrected chi connectivity index (χ1v) is 7.30. The fourth-order valence-electron chi connectivity index (χ4n) is 1.95. The van der Waals surface area contributed by atoms with Gasteiger partial charge in [-0.15, -0.1) is 0 Å². The summed E-state index contributed by atoms with van der Waals surface area (Å²) in [6, 6.07) is 11.6. The molecule has 21 heavy (non-hydrogen) atoms. The van der Waals surface area contributed by atoms with Crippen LogP contribution in [0, 0.1) is 5.82 Å². The maximum atomic E-state index is 12.9. The second kappa shape index (κ2) is 6.05. The van der Waals surface area contributed by atoms with Crippen molar-refractivity contribution in [3.8, 4) is 0 Å². The van der Waals surface area contributed by atoms with Gasteiger partial charge in [0.05, 0.1) is 5.25 Å². The van der Waals surface area contributed by atoms with Crippen molar-refractivity contribution in [2.24, 2.45) is 4.99 Å². The second-order valence-corrected chi connectivity index (χ2v) is 5.72. The van der Waals surface area contributed by atoms with Crippen LogP contribution in [0.1, 0.15) is 5.56 Å². The van der Waals surface area contributed by atoms with Crippen molar-refractivity contribution >= 4 is 28.7 Å². The van der Waals surface area contributed by atoms with Crippen LogP contribution in [-0.2, 0) is 11.2 Å². The number of halogens is 1. The molecular formula is C15H12FN3OS. The number of carbonyl (C=O) groups is 1. The fraction of sp³-hybridized carbons (Fsp3) is 0.133. The summed E-state index contributed by atoms with van der Waals surface area (Å²) >= 11 is 1.37. The van der Waals surface area contributed by atoms with E-state index in [4.69, 9.17) is 0 Å². The van der Waals surface area contributed by atoms with Gasteiger partial charge in [0.2, 0.25) is 5.91 Å². The van der Waals surface area contributed by atoms with E-state index in [2.05, 4.69) is 15.3 Å². The van der Waals surface area contributed by atoms with E-state index in [1.807, 2.05) is 6.07 Å². The first-order chi connectivity index (χ1) is 10.2. The molecule has 0 spiro atoms. The number of aliphatic imine (C=N–C) groups is 1. The lowest BCUT2D eigenvalue weighted by molar-refractivity contribution is -0.118. The zero-order chi connectivity index (χ0) is 14.7. The number of amides is 1. The normalized spacial score (nSPS) is 19.8. The standard InChI is InChI=1S/C15H12FN3OS/c16-11-6-4-10(5-7-11)9-12-14(20)19-15(21-12)18-13-3-1-2-8-17-13/h1-8,12H,9H2,(H,17,18,19,20)/t12-/m0/s1. The third-order valence-electron chi connectivity index (χ3n) is 2.98. The molecule has 0 saturated carbocycles. The van der Waals surface area contributed by atoms with Crippen molar-refractivity contribution in [1.29, 1.82) is 0 Å². The first kappa shape index (κ1) is 13.8. The molecule has 1 amide bonds. The molecule has 0 radical (unpaired) electrons. The van der Waals surface area contributed by atoms with Crippen molar-refractivity contribution in [2.45, 2.75) is 11.7 Å². The summed E-state index contributed by atoms with van der Waals surface area (Å²) in [6.45, 7) is 0. The molecule has 3 rings (SSSR count). The van der Waals surface area contributed by atoms with Crippen LogP contribution in [0.2, 0.25) is 0 Å². The number of benzene rings is 1. The van der Waals surface area contributed by atoms with Gasteiger partial charge in [-0.2, -0.15) is 0 Å². The van der Waals surface area contributed by atoms with E-state index in [-0.39, 0.29) is 17.0 Å². The van der Waals surface area contributed by atoms with Crippen LogP contribution in [0.25, 0.3) is 0 Å². The Morgan fingerprint density at radius 1 is 1.24 bits per heavy atom. The zero-order valence-corrected chi connectivity index (χ0v) is 11.8. The molecule has 0 unspecified atom stereocenters. The number of pyridine rings is 1. The summed E-state index contributed by atoms with van der Waals surface area (Å²) in [7, 11) is 0. The van der Waals surface area contributed by atoms with Gasteiger partial charge in [-0.05, 0) is 36.2 Å². The van der Waals surface area contributed by atoms with E-state index in [9.17, 15) is 9.18 Å². The van der Waals surface area contributed by atoms with Crippen molar-refractivity contribution < 1.29 is 9.18 Å². The Morgan fingerprint density at radius 2 is 2.05 bits per heavy atom. The molecule has 6 heteroatoms. The van der Waals surface area contributed by atoms with Gasteiger partial charge in [0.15, 0.2) is 11.0 Å². The van der Waals surface area contributed by atoms with E-state index < -0.39 is 0 Å². The number of nitrogens with one attached hydrogen (secondary N) is 1. The average molecular weight is 301 g/mol. The van der Waals surface area contributed by atoms with E-state index in [1.165, 1.54) is 23.9 Å². The van der Waals surface area contributed by atoms with Crippen LogP contribution in [0.4, 0.5) is 10.2 Å². The highest BCUT2D eigenvalue weighted by Gasteiger charge is 2.30. The second-order valence-electron chi connectivity index (χ2n) is 4.53. The molecule has 1 atom stereocenters. The topological polar surface area (TPSA) is 54.4 Å². The van der Waals surface area contributed by atoms with Crippen LogP contribution >= 0.6 is 11.8 Å². The molecule has 1 aromatic carbocycles. The Morgan fingerprint density at radius 3 is 2.76 bits per heavy atom. The number of aromatic nitrogens is 1. The number of hydrogen-bond acceptors (Lipinski definition) is 4. The van der Waals surface area contributed by atoms with Gasteiger partial charge in [0, 0.05) is 6.20 Å². The number of amidine groups is 1. The van der Waals surface area contributed by atoms with Crippen LogP contribution in [0.3, 0.4) is 0 Å². The van der Waals surface area contributed by atoms with Gasteiger partial charge in [0.25, 0.3) is 0 Å². The minimum absolute atomic E-state index is 0.0843. The van der Waals surface area contributed by atoms with Crippen LogP contribution < -0.4 is 5.32 Å². The summed E-state index contributed by atoms with van der Waals surface area (Å²) in [5.41, 5.74) is 0.920. The van der Waals surface area contributed by atoms with Crippen molar-refractivity contribution in [3.63, 3.8) is 0 Å². The van der Waals surface area contributed by atoms with Gasteiger partial charge >= 0.3 is 0 Å². The first-order valence-electron chi connectivity index (χ1n) is 6.42. The summed E-state index contributed by atoms with van der Waals surface area (Å²) < 4.78 is 12.9. The van der Waals surface area contributed by atoms with Crippen molar-refractivity contribution in [1.82, 2.24) is 10.3 Å². The highest BCUT2D eigenvalue weighted by atomic mass is 32.2.